The summed E-state index contributed by atoms with van der Waals surface area (Å²) in [5.41, 5.74) is 0.415. The number of nitrogens with one attached hydrogen (secondary N) is 1. The second-order valence-electron chi connectivity index (χ2n) is 6.56. The molecule has 2 rings (SSSR count). The Hall–Kier alpha value is -0.0800. The van der Waals surface area contributed by atoms with E-state index in [1.807, 2.05) is 0 Å². The average molecular weight is 225 g/mol. The topological polar surface area (TPSA) is 32.3 Å². The Balaban J connectivity index is 2.07. The van der Waals surface area contributed by atoms with E-state index in [9.17, 15) is 5.11 Å². The monoisotopic (exact) mass is 225 g/mol. The van der Waals surface area contributed by atoms with E-state index >= 15 is 0 Å². The lowest BCUT2D eigenvalue weighted by Gasteiger charge is -2.37. The first-order valence-corrected chi connectivity index (χ1v) is 6.86. The quantitative estimate of drug-likeness (QED) is 0.721. The number of aliphatic hydroxyl groups excluding tert-OH is 1. The maximum atomic E-state index is 10.5. The Morgan fingerprint density at radius 3 is 2.50 bits per heavy atom. The minimum absolute atomic E-state index is 0.127. The number of hydrogen-bond acceptors (Lipinski definition) is 2. The van der Waals surface area contributed by atoms with Gasteiger partial charge in [-0.25, -0.2) is 0 Å². The summed E-state index contributed by atoms with van der Waals surface area (Å²) in [6.45, 7) is 10.2. The maximum absolute atomic E-state index is 10.5. The molecule has 0 saturated heterocycles. The molecule has 2 bridgehead atoms. The minimum Gasteiger partial charge on any atom is -0.391 e. The molecular weight excluding hydrogens is 198 g/mol. The average Bonchev–Trinajstić information content (AvgIpc) is 2.53. The fourth-order valence-corrected chi connectivity index (χ4v) is 4.04. The van der Waals surface area contributed by atoms with Gasteiger partial charge < -0.3 is 10.4 Å². The Bertz CT molecular complexity index is 263. The molecule has 2 saturated carbocycles. The van der Waals surface area contributed by atoms with Crippen molar-refractivity contribution in [1.29, 1.82) is 0 Å². The zero-order valence-electron chi connectivity index (χ0n) is 11.2. The van der Waals surface area contributed by atoms with Crippen LogP contribution in [0, 0.1) is 16.7 Å². The van der Waals surface area contributed by atoms with Crippen molar-refractivity contribution in [2.24, 2.45) is 16.7 Å². The van der Waals surface area contributed by atoms with Crippen LogP contribution in [0.15, 0.2) is 0 Å². The Morgan fingerprint density at radius 2 is 2.00 bits per heavy atom. The van der Waals surface area contributed by atoms with E-state index < -0.39 is 0 Å². The second-order valence-corrected chi connectivity index (χ2v) is 6.56. The van der Waals surface area contributed by atoms with E-state index in [0.717, 1.165) is 6.54 Å². The van der Waals surface area contributed by atoms with E-state index in [-0.39, 0.29) is 16.9 Å². The Labute approximate surface area is 99.8 Å². The lowest BCUT2D eigenvalue weighted by Crippen LogP contribution is -2.47. The first kappa shape index (κ1) is 12.4. The third kappa shape index (κ3) is 1.46. The molecule has 0 aromatic rings. The standard InChI is InChI=1S/C14H27NO/c1-5-6-9-15-11-10-7-8-14(4,12(11)16)13(10,2)3/h10-12,15-16H,5-9H2,1-4H3/t10-,11-,12-,14+/m1/s1. The summed E-state index contributed by atoms with van der Waals surface area (Å²) in [5, 5.41) is 14.1. The predicted molar refractivity (Wildman–Crippen MR) is 67.3 cm³/mol. The molecule has 2 aliphatic rings. The van der Waals surface area contributed by atoms with Gasteiger partial charge in [0.1, 0.15) is 0 Å². The van der Waals surface area contributed by atoms with Crippen LogP contribution in [0.2, 0.25) is 0 Å². The van der Waals surface area contributed by atoms with E-state index in [4.69, 9.17) is 0 Å². The molecule has 0 amide bonds. The van der Waals surface area contributed by atoms with Crippen LogP contribution in [0.25, 0.3) is 0 Å². The molecule has 0 radical (unpaired) electrons. The molecule has 0 heterocycles. The van der Waals surface area contributed by atoms with Crippen LogP contribution in [0.4, 0.5) is 0 Å². The van der Waals surface area contributed by atoms with E-state index in [0.29, 0.717) is 12.0 Å². The molecule has 0 unspecified atom stereocenters. The number of unbranched alkanes of at least 4 members (excludes halogenated alkanes) is 1. The minimum atomic E-state index is -0.155. The van der Waals surface area contributed by atoms with Gasteiger partial charge >= 0.3 is 0 Å². The van der Waals surface area contributed by atoms with Crippen LogP contribution in [-0.4, -0.2) is 23.8 Å². The second kappa shape index (κ2) is 3.99. The molecule has 0 spiro atoms. The zero-order valence-corrected chi connectivity index (χ0v) is 11.2. The predicted octanol–water partition coefficient (Wildman–Crippen LogP) is 2.56. The molecule has 2 aliphatic carbocycles. The van der Waals surface area contributed by atoms with Crippen LogP contribution in [0.3, 0.4) is 0 Å². The molecule has 0 aromatic carbocycles. The first-order chi connectivity index (χ1) is 7.45. The first-order valence-electron chi connectivity index (χ1n) is 6.86. The van der Waals surface area contributed by atoms with Gasteiger partial charge in [0.05, 0.1) is 6.10 Å². The smallest absolute Gasteiger partial charge is 0.0754 e. The van der Waals surface area contributed by atoms with Gasteiger partial charge in [-0.1, -0.05) is 34.1 Å². The van der Waals surface area contributed by atoms with Crippen LogP contribution >= 0.6 is 0 Å². The number of rotatable bonds is 4. The lowest BCUT2D eigenvalue weighted by atomic mass is 9.70. The van der Waals surface area contributed by atoms with Crippen LogP contribution < -0.4 is 5.32 Å². The summed E-state index contributed by atoms with van der Waals surface area (Å²) in [5.74, 6) is 0.657. The molecule has 16 heavy (non-hydrogen) atoms. The summed E-state index contributed by atoms with van der Waals surface area (Å²) in [6.07, 6.45) is 4.76. The SMILES string of the molecule is CCCCN[C@@H]1[C@H]2CC[C@@](C)([C@@H]1O)C2(C)C. The molecule has 2 fully saturated rings. The summed E-state index contributed by atoms with van der Waals surface area (Å²) in [6, 6.07) is 0.334. The van der Waals surface area contributed by atoms with E-state index in [1.165, 1.54) is 25.7 Å². The van der Waals surface area contributed by atoms with Gasteiger partial charge in [0, 0.05) is 11.5 Å². The molecule has 0 aromatic heterocycles. The number of aliphatic hydroxyl groups is 1. The molecule has 94 valence electrons. The highest BCUT2D eigenvalue weighted by Gasteiger charge is 2.65. The largest absolute Gasteiger partial charge is 0.391 e. The van der Waals surface area contributed by atoms with Gasteiger partial charge in [-0.15, -0.1) is 0 Å². The Kier molecular flexibility index (Phi) is 3.09. The van der Waals surface area contributed by atoms with Crippen molar-refractivity contribution in [1.82, 2.24) is 5.32 Å². The van der Waals surface area contributed by atoms with Gasteiger partial charge in [0.2, 0.25) is 0 Å². The summed E-state index contributed by atoms with van der Waals surface area (Å²) >= 11 is 0. The maximum Gasteiger partial charge on any atom is 0.0754 e. The van der Waals surface area contributed by atoms with Crippen molar-refractivity contribution in [2.45, 2.75) is 65.5 Å². The van der Waals surface area contributed by atoms with Crippen molar-refractivity contribution in [2.75, 3.05) is 6.54 Å². The van der Waals surface area contributed by atoms with E-state index in [1.54, 1.807) is 0 Å². The summed E-state index contributed by atoms with van der Waals surface area (Å²) in [7, 11) is 0. The number of hydrogen-bond donors (Lipinski definition) is 2. The van der Waals surface area contributed by atoms with Crippen molar-refractivity contribution < 1.29 is 5.11 Å². The molecule has 0 aliphatic heterocycles. The lowest BCUT2D eigenvalue weighted by molar-refractivity contribution is 0.000131. The molecule has 2 heteroatoms. The van der Waals surface area contributed by atoms with Crippen molar-refractivity contribution >= 4 is 0 Å². The van der Waals surface area contributed by atoms with Gasteiger partial charge in [0.25, 0.3) is 0 Å². The van der Waals surface area contributed by atoms with Crippen LogP contribution in [0.1, 0.15) is 53.4 Å². The molecular formula is C14H27NO. The third-order valence-corrected chi connectivity index (χ3v) is 5.71. The Morgan fingerprint density at radius 1 is 1.31 bits per heavy atom. The zero-order chi connectivity index (χ0) is 12.0. The van der Waals surface area contributed by atoms with Crippen molar-refractivity contribution in [3.05, 3.63) is 0 Å². The summed E-state index contributed by atoms with van der Waals surface area (Å²) in [4.78, 5) is 0. The highest BCUT2D eigenvalue weighted by Crippen LogP contribution is 2.65. The highest BCUT2D eigenvalue weighted by atomic mass is 16.3. The van der Waals surface area contributed by atoms with Crippen molar-refractivity contribution in [3.63, 3.8) is 0 Å². The molecule has 4 atom stereocenters. The van der Waals surface area contributed by atoms with Gasteiger partial charge in [0.15, 0.2) is 0 Å². The molecule has 2 nitrogen and oxygen atoms in total. The molecule has 2 N–H and O–H groups in total. The normalized spacial score (nSPS) is 45.2. The fourth-order valence-electron chi connectivity index (χ4n) is 4.04. The highest BCUT2D eigenvalue weighted by molar-refractivity contribution is 5.16. The van der Waals surface area contributed by atoms with Crippen LogP contribution in [0.5, 0.6) is 0 Å². The van der Waals surface area contributed by atoms with Gasteiger partial charge in [-0.05, 0) is 37.1 Å². The van der Waals surface area contributed by atoms with Crippen molar-refractivity contribution in [3.8, 4) is 0 Å². The third-order valence-electron chi connectivity index (χ3n) is 5.71. The summed E-state index contributed by atoms with van der Waals surface area (Å²) < 4.78 is 0. The van der Waals surface area contributed by atoms with E-state index in [2.05, 4.69) is 33.0 Å². The fraction of sp³-hybridized carbons (Fsp3) is 1.00. The van der Waals surface area contributed by atoms with Crippen LogP contribution in [-0.2, 0) is 0 Å². The van der Waals surface area contributed by atoms with Gasteiger partial charge in [-0.3, -0.25) is 0 Å². The number of fused-ring (bicyclic) bond motifs is 2. The van der Waals surface area contributed by atoms with Gasteiger partial charge in [-0.2, -0.15) is 0 Å².